The van der Waals surface area contributed by atoms with Gasteiger partial charge < -0.3 is 4.74 Å². The molecule has 24 heavy (non-hydrogen) atoms. The summed E-state index contributed by atoms with van der Waals surface area (Å²) in [4.78, 5) is 29.1. The Morgan fingerprint density at radius 1 is 1.17 bits per heavy atom. The molecule has 0 saturated heterocycles. The molecule has 0 aliphatic rings. The summed E-state index contributed by atoms with van der Waals surface area (Å²) in [6, 6.07) is 10.7. The number of aromatic nitrogens is 2. The summed E-state index contributed by atoms with van der Waals surface area (Å²) < 4.78 is 6.18. The minimum Gasteiger partial charge on any atom is -0.464 e. The number of para-hydroxylation sites is 1. The Morgan fingerprint density at radius 3 is 2.46 bits per heavy atom. The highest BCUT2D eigenvalue weighted by molar-refractivity contribution is 6.31. The minimum atomic E-state index is -0.767. The molecule has 0 spiro atoms. The molecule has 3 rings (SSSR count). The Morgan fingerprint density at radius 2 is 1.83 bits per heavy atom. The number of hydrogen-bond acceptors (Lipinski definition) is 4. The number of nitrogens with zero attached hydrogens (tertiary/aromatic N) is 2. The topological polar surface area (TPSA) is 61.2 Å². The third kappa shape index (κ3) is 2.57. The molecule has 6 heteroatoms. The Hall–Kier alpha value is -2.66. The van der Waals surface area contributed by atoms with Crippen LogP contribution < -0.4 is 5.56 Å². The summed E-state index contributed by atoms with van der Waals surface area (Å²) in [6.07, 6.45) is 0. The maximum atomic E-state index is 13.0. The van der Waals surface area contributed by atoms with E-state index in [0.717, 1.165) is 11.1 Å². The van der Waals surface area contributed by atoms with Crippen LogP contribution >= 0.6 is 11.6 Å². The number of carbonyl (C=O) groups is 1. The van der Waals surface area contributed by atoms with E-state index in [1.807, 2.05) is 32.0 Å². The first-order valence-corrected chi connectivity index (χ1v) is 7.69. The molecule has 2 aromatic carbocycles. The van der Waals surface area contributed by atoms with Crippen LogP contribution in [0.3, 0.4) is 0 Å². The van der Waals surface area contributed by atoms with E-state index in [9.17, 15) is 9.59 Å². The van der Waals surface area contributed by atoms with Gasteiger partial charge in [0.1, 0.15) is 0 Å². The van der Waals surface area contributed by atoms with Gasteiger partial charge in [0.15, 0.2) is 0 Å². The number of benzene rings is 2. The van der Waals surface area contributed by atoms with Crippen LogP contribution in [0.15, 0.2) is 41.2 Å². The molecule has 0 unspecified atom stereocenters. The van der Waals surface area contributed by atoms with Crippen LogP contribution in [0.2, 0.25) is 5.02 Å². The smallest absolute Gasteiger partial charge is 0.362 e. The van der Waals surface area contributed by atoms with Crippen molar-refractivity contribution in [1.29, 1.82) is 0 Å². The SMILES string of the molecule is COC(=O)c1nc2ccc(Cl)cc2n(-c2c(C)cccc2C)c1=O. The number of methoxy groups -OCH3 is 1. The van der Waals surface area contributed by atoms with Gasteiger partial charge in [0.05, 0.1) is 23.8 Å². The lowest BCUT2D eigenvalue weighted by atomic mass is 10.1. The molecule has 0 aliphatic heterocycles. The predicted molar refractivity (Wildman–Crippen MR) is 93.2 cm³/mol. The molecule has 1 heterocycles. The highest BCUT2D eigenvalue weighted by atomic mass is 35.5. The summed E-state index contributed by atoms with van der Waals surface area (Å²) >= 11 is 6.10. The molecule has 0 bridgehead atoms. The minimum absolute atomic E-state index is 0.255. The van der Waals surface area contributed by atoms with Crippen LogP contribution in [0.4, 0.5) is 0 Å². The fourth-order valence-corrected chi connectivity index (χ4v) is 2.93. The largest absolute Gasteiger partial charge is 0.464 e. The highest BCUT2D eigenvalue weighted by Crippen LogP contribution is 2.24. The number of carbonyl (C=O) groups excluding carboxylic acids is 1. The number of hydrogen-bond donors (Lipinski definition) is 0. The number of esters is 1. The molecule has 0 amide bonds. The summed E-state index contributed by atoms with van der Waals surface area (Å²) in [5.41, 5.74) is 2.76. The van der Waals surface area contributed by atoms with Crippen LogP contribution in [0.25, 0.3) is 16.7 Å². The van der Waals surface area contributed by atoms with Crippen molar-refractivity contribution < 1.29 is 9.53 Å². The zero-order valence-electron chi connectivity index (χ0n) is 13.5. The van der Waals surface area contributed by atoms with Gasteiger partial charge in [-0.1, -0.05) is 29.8 Å². The van der Waals surface area contributed by atoms with Crippen LogP contribution in [-0.2, 0) is 4.74 Å². The monoisotopic (exact) mass is 342 g/mol. The van der Waals surface area contributed by atoms with Crippen molar-refractivity contribution >= 4 is 28.6 Å². The first kappa shape index (κ1) is 16.2. The van der Waals surface area contributed by atoms with Gasteiger partial charge in [0, 0.05) is 5.02 Å². The van der Waals surface area contributed by atoms with Crippen molar-refractivity contribution in [2.24, 2.45) is 0 Å². The molecule has 0 radical (unpaired) electrons. The molecule has 1 aromatic heterocycles. The molecule has 0 fully saturated rings. The summed E-state index contributed by atoms with van der Waals surface area (Å²) in [5, 5.41) is 0.481. The first-order valence-electron chi connectivity index (χ1n) is 7.31. The second-order valence-electron chi connectivity index (χ2n) is 5.47. The standard InChI is InChI=1S/C18H15ClN2O3/c1-10-5-4-6-11(2)16(10)21-14-9-12(19)7-8-13(14)20-15(17(21)22)18(23)24-3/h4-9H,1-3H3. The number of aryl methyl sites for hydroxylation is 2. The van der Waals surface area contributed by atoms with Gasteiger partial charge in [-0.3, -0.25) is 9.36 Å². The maximum Gasteiger partial charge on any atom is 0.362 e. The average molecular weight is 343 g/mol. The van der Waals surface area contributed by atoms with E-state index in [2.05, 4.69) is 4.98 Å². The van der Waals surface area contributed by atoms with Crippen molar-refractivity contribution in [3.63, 3.8) is 0 Å². The zero-order chi connectivity index (χ0) is 17.4. The predicted octanol–water partition coefficient (Wildman–Crippen LogP) is 3.44. The normalized spacial score (nSPS) is 10.8. The molecule has 3 aromatic rings. The molecular weight excluding hydrogens is 328 g/mol. The van der Waals surface area contributed by atoms with Crippen LogP contribution in [0.5, 0.6) is 0 Å². The Balaban J connectivity index is 2.53. The van der Waals surface area contributed by atoms with E-state index in [0.29, 0.717) is 21.7 Å². The fourth-order valence-electron chi connectivity index (χ4n) is 2.76. The van der Waals surface area contributed by atoms with Crippen molar-refractivity contribution in [2.45, 2.75) is 13.8 Å². The molecular formula is C18H15ClN2O3. The van der Waals surface area contributed by atoms with Gasteiger partial charge in [-0.2, -0.15) is 0 Å². The number of fused-ring (bicyclic) bond motifs is 1. The van der Waals surface area contributed by atoms with Gasteiger partial charge in [0.25, 0.3) is 5.56 Å². The highest BCUT2D eigenvalue weighted by Gasteiger charge is 2.20. The summed E-state index contributed by atoms with van der Waals surface area (Å²) in [6.45, 7) is 3.81. The maximum absolute atomic E-state index is 13.0. The van der Waals surface area contributed by atoms with E-state index in [-0.39, 0.29) is 5.69 Å². The van der Waals surface area contributed by atoms with E-state index in [1.165, 1.54) is 11.7 Å². The Kier molecular flexibility index (Phi) is 4.11. The van der Waals surface area contributed by atoms with Gasteiger partial charge in [0.2, 0.25) is 5.69 Å². The number of rotatable bonds is 2. The Bertz CT molecular complexity index is 1000. The molecule has 0 N–H and O–H groups in total. The van der Waals surface area contributed by atoms with Crippen LogP contribution in [0, 0.1) is 13.8 Å². The number of ether oxygens (including phenoxy) is 1. The lowest BCUT2D eigenvalue weighted by Gasteiger charge is -2.16. The third-order valence-electron chi connectivity index (χ3n) is 3.86. The van der Waals surface area contributed by atoms with Crippen LogP contribution in [-0.4, -0.2) is 22.6 Å². The fraction of sp³-hybridized carbons (Fsp3) is 0.167. The Labute approximate surface area is 143 Å². The number of halogens is 1. The summed E-state index contributed by atoms with van der Waals surface area (Å²) in [5.74, 6) is -0.767. The molecule has 122 valence electrons. The van der Waals surface area contributed by atoms with Crippen LogP contribution in [0.1, 0.15) is 21.6 Å². The molecule has 5 nitrogen and oxygen atoms in total. The van der Waals surface area contributed by atoms with Gasteiger partial charge >= 0.3 is 5.97 Å². The van der Waals surface area contributed by atoms with Gasteiger partial charge in [-0.05, 0) is 43.2 Å². The second kappa shape index (κ2) is 6.09. The van der Waals surface area contributed by atoms with Gasteiger partial charge in [-0.25, -0.2) is 9.78 Å². The third-order valence-corrected chi connectivity index (χ3v) is 4.09. The summed E-state index contributed by atoms with van der Waals surface area (Å²) in [7, 11) is 1.22. The molecule has 0 aliphatic carbocycles. The molecule has 0 atom stereocenters. The first-order chi connectivity index (χ1) is 11.4. The molecule has 0 saturated carbocycles. The zero-order valence-corrected chi connectivity index (χ0v) is 14.2. The van der Waals surface area contributed by atoms with Crippen molar-refractivity contribution in [1.82, 2.24) is 9.55 Å². The average Bonchev–Trinajstić information content (AvgIpc) is 2.55. The van der Waals surface area contributed by atoms with E-state index < -0.39 is 11.5 Å². The quantitative estimate of drug-likeness (QED) is 0.669. The van der Waals surface area contributed by atoms with E-state index in [1.54, 1.807) is 18.2 Å². The van der Waals surface area contributed by atoms with E-state index in [4.69, 9.17) is 16.3 Å². The van der Waals surface area contributed by atoms with Crippen molar-refractivity contribution in [3.8, 4) is 5.69 Å². The lowest BCUT2D eigenvalue weighted by molar-refractivity contribution is 0.0592. The van der Waals surface area contributed by atoms with E-state index >= 15 is 0 Å². The van der Waals surface area contributed by atoms with Crippen molar-refractivity contribution in [3.05, 3.63) is 68.6 Å². The van der Waals surface area contributed by atoms with Crippen molar-refractivity contribution in [2.75, 3.05) is 7.11 Å². The lowest BCUT2D eigenvalue weighted by Crippen LogP contribution is -2.29. The van der Waals surface area contributed by atoms with Gasteiger partial charge in [-0.15, -0.1) is 0 Å². The second-order valence-corrected chi connectivity index (χ2v) is 5.90.